The molecule has 1 atom stereocenters. The molecule has 2 aromatic carbocycles. The zero-order chi connectivity index (χ0) is 25.9. The number of amides is 1. The van der Waals surface area contributed by atoms with Gasteiger partial charge < -0.3 is 19.4 Å². The lowest BCUT2D eigenvalue weighted by atomic mass is 9.82. The minimum absolute atomic E-state index is 0.0872. The SMILES string of the molecule is CC(=O)c1ccc(N2CN3CC=C4C(c5ccc(N6CCN(C(C)=O)CC6)cc5OC4(C)C)N3C2)cc1. The summed E-state index contributed by atoms with van der Waals surface area (Å²) in [4.78, 5) is 30.1. The highest BCUT2D eigenvalue weighted by atomic mass is 16.5. The fraction of sp³-hybridized carbons (Fsp3) is 0.448. The van der Waals surface area contributed by atoms with Gasteiger partial charge in [-0.15, -0.1) is 0 Å². The van der Waals surface area contributed by atoms with Gasteiger partial charge in [-0.2, -0.15) is 0 Å². The zero-order valence-corrected chi connectivity index (χ0v) is 22.1. The Labute approximate surface area is 218 Å². The maximum atomic E-state index is 11.7. The standard InChI is InChI=1S/C29H35N5O3/c1-20(35)22-5-7-23(8-6-22)32-18-33-12-11-26-28(34(33)19-32)25-10-9-24(17-27(25)37-29(26,3)4)31-15-13-30(14-16-31)21(2)36/h5-11,17,28H,12-16,18-19H2,1-4H3. The average molecular weight is 502 g/mol. The molecule has 1 amide bonds. The van der Waals surface area contributed by atoms with Crippen LogP contribution in [0.2, 0.25) is 0 Å². The van der Waals surface area contributed by atoms with Gasteiger partial charge in [0.15, 0.2) is 5.78 Å². The summed E-state index contributed by atoms with van der Waals surface area (Å²) in [6, 6.07) is 14.6. The highest BCUT2D eigenvalue weighted by Gasteiger charge is 2.47. The summed E-state index contributed by atoms with van der Waals surface area (Å²) in [5, 5.41) is 4.86. The molecule has 0 aliphatic carbocycles. The van der Waals surface area contributed by atoms with E-state index in [0.717, 1.165) is 68.7 Å². The van der Waals surface area contributed by atoms with Crippen LogP contribution in [0.15, 0.2) is 54.1 Å². The van der Waals surface area contributed by atoms with Crippen molar-refractivity contribution >= 4 is 23.1 Å². The summed E-state index contributed by atoms with van der Waals surface area (Å²) in [6.45, 7) is 13.1. The third-order valence-electron chi connectivity index (χ3n) is 8.21. The van der Waals surface area contributed by atoms with E-state index < -0.39 is 5.60 Å². The van der Waals surface area contributed by atoms with E-state index in [1.165, 1.54) is 11.1 Å². The second-order valence-electron chi connectivity index (χ2n) is 10.9. The second-order valence-corrected chi connectivity index (χ2v) is 10.9. The number of hydrogen-bond acceptors (Lipinski definition) is 7. The molecule has 0 bridgehead atoms. The van der Waals surface area contributed by atoms with Crippen LogP contribution >= 0.6 is 0 Å². The molecule has 0 N–H and O–H groups in total. The maximum absolute atomic E-state index is 11.7. The molecule has 2 saturated heterocycles. The molecule has 2 aromatic rings. The smallest absolute Gasteiger partial charge is 0.219 e. The number of Topliss-reactive ketones (excluding diaryl/α,β-unsaturated/α-hetero) is 1. The Morgan fingerprint density at radius 1 is 0.892 bits per heavy atom. The van der Waals surface area contributed by atoms with Gasteiger partial charge in [-0.1, -0.05) is 12.1 Å². The number of nitrogens with zero attached hydrogens (tertiary/aromatic N) is 5. The molecular weight excluding hydrogens is 466 g/mol. The Hall–Kier alpha value is -3.36. The number of ether oxygens (including phenoxy) is 1. The second kappa shape index (κ2) is 8.89. The van der Waals surface area contributed by atoms with E-state index in [1.807, 2.05) is 29.2 Å². The number of hydrogen-bond donors (Lipinski definition) is 0. The Kier molecular flexibility index (Phi) is 5.76. The molecule has 4 aliphatic rings. The predicted octanol–water partition coefficient (Wildman–Crippen LogP) is 3.66. The molecule has 4 heterocycles. The van der Waals surface area contributed by atoms with Crippen LogP contribution in [0.3, 0.4) is 0 Å². The average Bonchev–Trinajstić information content (AvgIpc) is 3.33. The minimum atomic E-state index is -0.410. The third-order valence-corrected chi connectivity index (χ3v) is 8.21. The number of rotatable bonds is 3. The van der Waals surface area contributed by atoms with Gasteiger partial charge >= 0.3 is 0 Å². The lowest BCUT2D eigenvalue weighted by Crippen LogP contribution is -2.51. The first-order valence-electron chi connectivity index (χ1n) is 13.1. The van der Waals surface area contributed by atoms with E-state index in [4.69, 9.17) is 4.74 Å². The van der Waals surface area contributed by atoms with Crippen molar-refractivity contribution < 1.29 is 14.3 Å². The van der Waals surface area contributed by atoms with Crippen LogP contribution in [0.4, 0.5) is 11.4 Å². The lowest BCUT2D eigenvalue weighted by Gasteiger charge is -2.48. The Morgan fingerprint density at radius 2 is 1.59 bits per heavy atom. The molecule has 1 unspecified atom stereocenters. The van der Waals surface area contributed by atoms with Gasteiger partial charge in [0, 0.05) is 68.2 Å². The molecular formula is C29H35N5O3. The lowest BCUT2D eigenvalue weighted by molar-refractivity contribution is -0.129. The first-order valence-corrected chi connectivity index (χ1v) is 13.1. The normalized spacial score (nSPS) is 23.1. The van der Waals surface area contributed by atoms with Crippen molar-refractivity contribution in [2.45, 2.75) is 39.3 Å². The number of benzene rings is 2. The molecule has 0 spiro atoms. The van der Waals surface area contributed by atoms with Crippen LogP contribution in [0.1, 0.15) is 49.7 Å². The number of fused-ring (bicyclic) bond motifs is 5. The number of anilines is 2. The summed E-state index contributed by atoms with van der Waals surface area (Å²) < 4.78 is 6.62. The molecule has 6 rings (SSSR count). The van der Waals surface area contributed by atoms with Crippen molar-refractivity contribution in [3.8, 4) is 5.75 Å². The van der Waals surface area contributed by atoms with Crippen molar-refractivity contribution in [3.05, 3.63) is 65.2 Å². The Bertz CT molecular complexity index is 1260. The Morgan fingerprint density at radius 3 is 2.27 bits per heavy atom. The quantitative estimate of drug-likeness (QED) is 0.470. The minimum Gasteiger partial charge on any atom is -0.483 e. The number of ketones is 1. The molecule has 8 heteroatoms. The van der Waals surface area contributed by atoms with E-state index in [1.54, 1.807) is 13.8 Å². The van der Waals surface area contributed by atoms with E-state index >= 15 is 0 Å². The van der Waals surface area contributed by atoms with Crippen LogP contribution in [0, 0.1) is 0 Å². The van der Waals surface area contributed by atoms with Crippen LogP contribution in [0.25, 0.3) is 0 Å². The molecule has 2 fully saturated rings. The topological polar surface area (TPSA) is 59.6 Å². The summed E-state index contributed by atoms with van der Waals surface area (Å²) in [5.41, 5.74) is 5.08. The van der Waals surface area contributed by atoms with Gasteiger partial charge in [-0.05, 0) is 56.7 Å². The van der Waals surface area contributed by atoms with Gasteiger partial charge in [-0.25, -0.2) is 10.0 Å². The molecule has 0 aromatic heterocycles. The first kappa shape index (κ1) is 24.0. The number of carbonyl (C=O) groups is 2. The largest absolute Gasteiger partial charge is 0.483 e. The molecule has 0 radical (unpaired) electrons. The van der Waals surface area contributed by atoms with Crippen molar-refractivity contribution in [1.82, 2.24) is 14.9 Å². The third kappa shape index (κ3) is 4.18. The van der Waals surface area contributed by atoms with E-state index in [9.17, 15) is 9.59 Å². The van der Waals surface area contributed by atoms with Gasteiger partial charge in [0.05, 0.1) is 19.4 Å². The van der Waals surface area contributed by atoms with Gasteiger partial charge in [0.2, 0.25) is 5.91 Å². The summed E-state index contributed by atoms with van der Waals surface area (Å²) >= 11 is 0. The van der Waals surface area contributed by atoms with Gasteiger partial charge in [0.1, 0.15) is 11.4 Å². The molecule has 0 saturated carbocycles. The first-order chi connectivity index (χ1) is 17.7. The molecule has 194 valence electrons. The monoisotopic (exact) mass is 501 g/mol. The summed E-state index contributed by atoms with van der Waals surface area (Å²) in [7, 11) is 0. The maximum Gasteiger partial charge on any atom is 0.219 e. The number of piperazine rings is 1. The molecule has 4 aliphatic heterocycles. The van der Waals surface area contributed by atoms with Crippen LogP contribution in [-0.4, -0.2) is 78.3 Å². The fourth-order valence-electron chi connectivity index (χ4n) is 6.09. The van der Waals surface area contributed by atoms with Crippen LogP contribution in [0.5, 0.6) is 5.75 Å². The highest BCUT2D eigenvalue weighted by Crippen LogP contribution is 2.50. The van der Waals surface area contributed by atoms with Gasteiger partial charge in [0.25, 0.3) is 0 Å². The number of carbonyl (C=O) groups excluding carboxylic acids is 2. The van der Waals surface area contributed by atoms with Crippen molar-refractivity contribution in [2.75, 3.05) is 55.9 Å². The van der Waals surface area contributed by atoms with Gasteiger partial charge in [-0.3, -0.25) is 9.59 Å². The van der Waals surface area contributed by atoms with Crippen molar-refractivity contribution in [3.63, 3.8) is 0 Å². The van der Waals surface area contributed by atoms with Crippen molar-refractivity contribution in [1.29, 1.82) is 0 Å². The van der Waals surface area contributed by atoms with Crippen LogP contribution < -0.4 is 14.5 Å². The molecule has 8 nitrogen and oxygen atoms in total. The highest BCUT2D eigenvalue weighted by molar-refractivity contribution is 5.94. The molecule has 37 heavy (non-hydrogen) atoms. The summed E-state index contributed by atoms with van der Waals surface area (Å²) in [5.74, 6) is 1.17. The van der Waals surface area contributed by atoms with Crippen LogP contribution in [-0.2, 0) is 4.79 Å². The van der Waals surface area contributed by atoms with E-state index in [2.05, 4.69) is 57.9 Å². The fourth-order valence-corrected chi connectivity index (χ4v) is 6.09. The zero-order valence-electron chi connectivity index (χ0n) is 22.1. The van der Waals surface area contributed by atoms with Crippen molar-refractivity contribution in [2.24, 2.45) is 0 Å². The van der Waals surface area contributed by atoms with E-state index in [0.29, 0.717) is 0 Å². The predicted molar refractivity (Wildman–Crippen MR) is 144 cm³/mol. The number of hydrazine groups is 1. The Balaban J connectivity index is 1.27. The summed E-state index contributed by atoms with van der Waals surface area (Å²) in [6.07, 6.45) is 2.33. The van der Waals surface area contributed by atoms with E-state index in [-0.39, 0.29) is 17.7 Å².